The Bertz CT molecular complexity index is 861. The topological polar surface area (TPSA) is 79.9 Å². The second-order valence-corrected chi connectivity index (χ2v) is 7.94. The number of morpholine rings is 1. The number of nitrogens with zero attached hydrogens (tertiary/aromatic N) is 1. The van der Waals surface area contributed by atoms with Crippen molar-refractivity contribution >= 4 is 23.2 Å². The SMILES string of the molecule is CC(C)CCOc1cccc(NC(=O)CNc2ccc(C(=O)N3CCOCC3)cc2)c1. The number of ether oxygens (including phenoxy) is 2. The minimum absolute atomic E-state index is 0.00286. The molecule has 2 aromatic carbocycles. The number of amides is 2. The highest BCUT2D eigenvalue weighted by molar-refractivity contribution is 5.95. The third-order valence-electron chi connectivity index (χ3n) is 4.96. The highest BCUT2D eigenvalue weighted by atomic mass is 16.5. The molecule has 2 amide bonds. The van der Waals surface area contributed by atoms with Crippen LogP contribution < -0.4 is 15.4 Å². The molecule has 7 nitrogen and oxygen atoms in total. The molecule has 0 aromatic heterocycles. The van der Waals surface area contributed by atoms with Crippen LogP contribution >= 0.6 is 0 Å². The summed E-state index contributed by atoms with van der Waals surface area (Å²) in [5, 5.41) is 5.95. The second-order valence-electron chi connectivity index (χ2n) is 7.94. The van der Waals surface area contributed by atoms with Gasteiger partial charge in [-0.3, -0.25) is 9.59 Å². The molecule has 0 aliphatic carbocycles. The maximum atomic E-state index is 12.5. The van der Waals surface area contributed by atoms with Gasteiger partial charge in [0.05, 0.1) is 26.4 Å². The van der Waals surface area contributed by atoms with Gasteiger partial charge in [0.1, 0.15) is 5.75 Å². The van der Waals surface area contributed by atoms with E-state index < -0.39 is 0 Å². The van der Waals surface area contributed by atoms with Crippen LogP contribution in [0.25, 0.3) is 0 Å². The van der Waals surface area contributed by atoms with E-state index >= 15 is 0 Å². The third kappa shape index (κ3) is 7.29. The van der Waals surface area contributed by atoms with Gasteiger partial charge in [0.2, 0.25) is 5.91 Å². The average molecular weight is 426 g/mol. The minimum Gasteiger partial charge on any atom is -0.494 e. The lowest BCUT2D eigenvalue weighted by molar-refractivity contribution is -0.114. The summed E-state index contributed by atoms with van der Waals surface area (Å²) in [5.74, 6) is 1.17. The monoisotopic (exact) mass is 425 g/mol. The quantitative estimate of drug-likeness (QED) is 0.641. The van der Waals surface area contributed by atoms with Crippen molar-refractivity contribution in [1.82, 2.24) is 4.90 Å². The largest absolute Gasteiger partial charge is 0.494 e. The van der Waals surface area contributed by atoms with Crippen LogP contribution in [0.15, 0.2) is 48.5 Å². The molecule has 0 saturated carbocycles. The van der Waals surface area contributed by atoms with Crippen molar-refractivity contribution in [3.63, 3.8) is 0 Å². The summed E-state index contributed by atoms with van der Waals surface area (Å²) >= 11 is 0. The summed E-state index contributed by atoms with van der Waals surface area (Å²) in [6.45, 7) is 7.47. The van der Waals surface area contributed by atoms with Gasteiger partial charge in [0.15, 0.2) is 0 Å². The van der Waals surface area contributed by atoms with Gasteiger partial charge in [-0.05, 0) is 48.7 Å². The van der Waals surface area contributed by atoms with Crippen LogP contribution in [-0.4, -0.2) is 56.2 Å². The molecule has 2 N–H and O–H groups in total. The maximum Gasteiger partial charge on any atom is 0.254 e. The molecular formula is C24H31N3O4. The molecule has 1 aliphatic heterocycles. The molecule has 0 bridgehead atoms. The van der Waals surface area contributed by atoms with E-state index in [0.717, 1.165) is 17.9 Å². The maximum absolute atomic E-state index is 12.5. The van der Waals surface area contributed by atoms with Crippen LogP contribution in [0.3, 0.4) is 0 Å². The molecule has 3 rings (SSSR count). The van der Waals surface area contributed by atoms with Gasteiger partial charge in [-0.1, -0.05) is 19.9 Å². The van der Waals surface area contributed by atoms with Crippen molar-refractivity contribution in [3.05, 3.63) is 54.1 Å². The Hall–Kier alpha value is -3.06. The lowest BCUT2D eigenvalue weighted by atomic mass is 10.1. The predicted molar refractivity (Wildman–Crippen MR) is 122 cm³/mol. The molecule has 31 heavy (non-hydrogen) atoms. The first kappa shape index (κ1) is 22.6. The predicted octanol–water partition coefficient (Wildman–Crippen LogP) is 3.63. The Kier molecular flexibility index (Phi) is 8.29. The minimum atomic E-state index is -0.159. The van der Waals surface area contributed by atoms with E-state index in [1.807, 2.05) is 36.4 Å². The third-order valence-corrected chi connectivity index (χ3v) is 4.96. The molecule has 1 saturated heterocycles. The second kappa shape index (κ2) is 11.4. The smallest absolute Gasteiger partial charge is 0.254 e. The first-order valence-electron chi connectivity index (χ1n) is 10.7. The van der Waals surface area contributed by atoms with Crippen LogP contribution in [-0.2, 0) is 9.53 Å². The fourth-order valence-electron chi connectivity index (χ4n) is 3.14. The van der Waals surface area contributed by atoms with Gasteiger partial charge >= 0.3 is 0 Å². The molecule has 1 aliphatic rings. The van der Waals surface area contributed by atoms with Gasteiger partial charge in [0, 0.05) is 36.1 Å². The summed E-state index contributed by atoms with van der Waals surface area (Å²) in [6.07, 6.45) is 0.983. The Morgan fingerprint density at radius 3 is 2.52 bits per heavy atom. The first-order valence-corrected chi connectivity index (χ1v) is 10.7. The lowest BCUT2D eigenvalue weighted by Gasteiger charge is -2.26. The van der Waals surface area contributed by atoms with Crippen LogP contribution in [0, 0.1) is 5.92 Å². The standard InChI is InChI=1S/C24H31N3O4/c1-18(2)10-13-31-22-5-3-4-21(16-22)26-23(28)17-25-20-8-6-19(7-9-20)24(29)27-11-14-30-15-12-27/h3-9,16,18,25H,10-15,17H2,1-2H3,(H,26,28). The summed E-state index contributed by atoms with van der Waals surface area (Å²) in [4.78, 5) is 26.6. The molecule has 1 fully saturated rings. The number of carbonyl (C=O) groups is 2. The number of hydrogen-bond donors (Lipinski definition) is 2. The Labute approximate surface area is 183 Å². The van der Waals surface area contributed by atoms with E-state index in [2.05, 4.69) is 24.5 Å². The number of nitrogens with one attached hydrogen (secondary N) is 2. The van der Waals surface area contributed by atoms with Crippen LogP contribution in [0.2, 0.25) is 0 Å². The average Bonchev–Trinajstić information content (AvgIpc) is 2.78. The van der Waals surface area contributed by atoms with Crippen molar-refractivity contribution in [2.75, 3.05) is 50.1 Å². The van der Waals surface area contributed by atoms with E-state index in [1.165, 1.54) is 0 Å². The summed E-state index contributed by atoms with van der Waals surface area (Å²) in [5.41, 5.74) is 2.10. The van der Waals surface area contributed by atoms with E-state index in [-0.39, 0.29) is 18.4 Å². The Morgan fingerprint density at radius 1 is 1.06 bits per heavy atom. The Balaban J connectivity index is 1.45. The molecule has 0 unspecified atom stereocenters. The van der Waals surface area contributed by atoms with E-state index in [0.29, 0.717) is 50.1 Å². The molecule has 0 spiro atoms. The fourth-order valence-corrected chi connectivity index (χ4v) is 3.14. The van der Waals surface area contributed by atoms with Gasteiger partial charge in [-0.25, -0.2) is 0 Å². The van der Waals surface area contributed by atoms with Gasteiger partial charge in [0.25, 0.3) is 5.91 Å². The van der Waals surface area contributed by atoms with E-state index in [9.17, 15) is 9.59 Å². The molecular weight excluding hydrogens is 394 g/mol. The fraction of sp³-hybridized carbons (Fsp3) is 0.417. The lowest BCUT2D eigenvalue weighted by Crippen LogP contribution is -2.40. The van der Waals surface area contributed by atoms with E-state index in [4.69, 9.17) is 9.47 Å². The van der Waals surface area contributed by atoms with Crippen LogP contribution in [0.5, 0.6) is 5.75 Å². The summed E-state index contributed by atoms with van der Waals surface area (Å²) in [7, 11) is 0. The Morgan fingerprint density at radius 2 is 1.81 bits per heavy atom. The first-order chi connectivity index (χ1) is 15.0. The zero-order valence-electron chi connectivity index (χ0n) is 18.2. The zero-order valence-corrected chi connectivity index (χ0v) is 18.2. The van der Waals surface area contributed by atoms with Crippen LogP contribution in [0.4, 0.5) is 11.4 Å². The van der Waals surface area contributed by atoms with Crippen LogP contribution in [0.1, 0.15) is 30.6 Å². The number of hydrogen-bond acceptors (Lipinski definition) is 5. The van der Waals surface area contributed by atoms with Gasteiger partial charge in [-0.2, -0.15) is 0 Å². The molecule has 7 heteroatoms. The number of anilines is 2. The number of rotatable bonds is 9. The van der Waals surface area contributed by atoms with Gasteiger partial charge < -0.3 is 25.0 Å². The molecule has 166 valence electrons. The van der Waals surface area contributed by atoms with Crippen molar-refractivity contribution in [3.8, 4) is 5.75 Å². The normalized spacial score (nSPS) is 13.7. The van der Waals surface area contributed by atoms with Gasteiger partial charge in [-0.15, -0.1) is 0 Å². The highest BCUT2D eigenvalue weighted by Gasteiger charge is 2.18. The molecule has 2 aromatic rings. The summed E-state index contributed by atoms with van der Waals surface area (Å²) in [6, 6.07) is 14.6. The van der Waals surface area contributed by atoms with Crippen molar-refractivity contribution in [1.29, 1.82) is 0 Å². The number of carbonyl (C=O) groups excluding carboxylic acids is 2. The van der Waals surface area contributed by atoms with E-state index in [1.54, 1.807) is 17.0 Å². The van der Waals surface area contributed by atoms with Crippen molar-refractivity contribution in [2.45, 2.75) is 20.3 Å². The molecule has 1 heterocycles. The summed E-state index contributed by atoms with van der Waals surface area (Å²) < 4.78 is 11.0. The zero-order chi connectivity index (χ0) is 22.1. The number of benzene rings is 2. The highest BCUT2D eigenvalue weighted by Crippen LogP contribution is 2.18. The van der Waals surface area contributed by atoms with Crippen molar-refractivity contribution in [2.24, 2.45) is 5.92 Å². The van der Waals surface area contributed by atoms with Crippen molar-refractivity contribution < 1.29 is 19.1 Å². The molecule has 0 radical (unpaired) electrons. The molecule has 0 atom stereocenters.